The highest BCUT2D eigenvalue weighted by atomic mass is 16.1. The molecule has 2 rings (SSSR count). The number of hydrogen-bond donors (Lipinski definition) is 2. The van der Waals surface area contributed by atoms with Gasteiger partial charge in [0.05, 0.1) is 0 Å². The van der Waals surface area contributed by atoms with E-state index in [1.807, 2.05) is 20.0 Å². The summed E-state index contributed by atoms with van der Waals surface area (Å²) in [6, 6.07) is 2.17. The smallest absolute Gasteiger partial charge is 0.316 e. The van der Waals surface area contributed by atoms with Gasteiger partial charge >= 0.3 is 5.69 Å². The van der Waals surface area contributed by atoms with Crippen LogP contribution >= 0.6 is 0 Å². The third-order valence-electron chi connectivity index (χ3n) is 3.43. The molecule has 0 aliphatic heterocycles. The standard InChI is InChI=1S/C13H21N5O/c1-8-15-9(6-10(14-5)13(2,3)4)7-11-16-17-12(19)18(8)11/h7,10,14H,6H2,1-5H3,(H,17,19). The molecule has 2 N–H and O–H groups in total. The first-order valence-corrected chi connectivity index (χ1v) is 6.44. The highest BCUT2D eigenvalue weighted by Gasteiger charge is 2.24. The van der Waals surface area contributed by atoms with Crippen molar-refractivity contribution in [3.05, 3.63) is 28.1 Å². The van der Waals surface area contributed by atoms with Crippen LogP contribution in [0.3, 0.4) is 0 Å². The predicted molar refractivity (Wildman–Crippen MR) is 74.4 cm³/mol. The Bertz CT molecular complexity index is 635. The molecule has 6 heteroatoms. The van der Waals surface area contributed by atoms with E-state index >= 15 is 0 Å². The normalized spacial score (nSPS) is 13.9. The molecular weight excluding hydrogens is 242 g/mol. The molecule has 0 bridgehead atoms. The maximum Gasteiger partial charge on any atom is 0.349 e. The lowest BCUT2D eigenvalue weighted by Gasteiger charge is -2.30. The van der Waals surface area contributed by atoms with Crippen LogP contribution in [0.15, 0.2) is 10.9 Å². The summed E-state index contributed by atoms with van der Waals surface area (Å²) in [6.07, 6.45) is 0.804. The molecule has 0 aromatic carbocycles. The zero-order valence-electron chi connectivity index (χ0n) is 12.1. The van der Waals surface area contributed by atoms with Crippen LogP contribution in [0.4, 0.5) is 0 Å². The molecule has 0 saturated carbocycles. The van der Waals surface area contributed by atoms with Gasteiger partial charge in [0.2, 0.25) is 0 Å². The highest BCUT2D eigenvalue weighted by molar-refractivity contribution is 5.38. The maximum absolute atomic E-state index is 11.5. The van der Waals surface area contributed by atoms with Gasteiger partial charge in [-0.2, -0.15) is 5.10 Å². The monoisotopic (exact) mass is 263 g/mol. The molecule has 0 aliphatic rings. The summed E-state index contributed by atoms with van der Waals surface area (Å²) in [7, 11) is 1.96. The SMILES string of the molecule is CNC(Cc1cc2n[nH]c(=O)n2c(C)n1)C(C)(C)C. The van der Waals surface area contributed by atoms with E-state index in [9.17, 15) is 4.79 Å². The Hall–Kier alpha value is -1.69. The van der Waals surface area contributed by atoms with Crippen LogP contribution in [0, 0.1) is 12.3 Å². The number of aromatic amines is 1. The first-order chi connectivity index (χ1) is 8.82. The topological polar surface area (TPSA) is 75.1 Å². The van der Waals surface area contributed by atoms with Crippen LogP contribution in [0.5, 0.6) is 0 Å². The van der Waals surface area contributed by atoms with E-state index in [2.05, 4.69) is 41.3 Å². The van der Waals surface area contributed by atoms with Gasteiger partial charge in [-0.25, -0.2) is 19.3 Å². The van der Waals surface area contributed by atoms with E-state index in [0.29, 0.717) is 17.5 Å². The van der Waals surface area contributed by atoms with E-state index in [0.717, 1.165) is 12.1 Å². The van der Waals surface area contributed by atoms with Crippen molar-refractivity contribution in [2.24, 2.45) is 5.41 Å². The van der Waals surface area contributed by atoms with Crippen LogP contribution in [-0.2, 0) is 6.42 Å². The van der Waals surface area contributed by atoms with E-state index in [4.69, 9.17) is 0 Å². The van der Waals surface area contributed by atoms with Crippen LogP contribution < -0.4 is 11.0 Å². The van der Waals surface area contributed by atoms with E-state index in [1.165, 1.54) is 4.40 Å². The largest absolute Gasteiger partial charge is 0.349 e. The van der Waals surface area contributed by atoms with Gasteiger partial charge < -0.3 is 5.32 Å². The lowest BCUT2D eigenvalue weighted by Crippen LogP contribution is -2.40. The Morgan fingerprint density at radius 2 is 2.16 bits per heavy atom. The molecule has 0 fully saturated rings. The molecule has 104 valence electrons. The number of nitrogens with zero attached hydrogens (tertiary/aromatic N) is 3. The maximum atomic E-state index is 11.5. The van der Waals surface area contributed by atoms with Crippen molar-refractivity contribution >= 4 is 5.65 Å². The van der Waals surface area contributed by atoms with Crippen molar-refractivity contribution in [2.45, 2.75) is 40.2 Å². The summed E-state index contributed by atoms with van der Waals surface area (Å²) in [4.78, 5) is 16.0. The van der Waals surface area contributed by atoms with Gasteiger partial charge in [-0.3, -0.25) is 0 Å². The lowest BCUT2D eigenvalue weighted by atomic mass is 9.84. The van der Waals surface area contributed by atoms with Gasteiger partial charge in [-0.1, -0.05) is 20.8 Å². The third kappa shape index (κ3) is 2.68. The second-order valence-electron chi connectivity index (χ2n) is 5.93. The number of aryl methyl sites for hydroxylation is 1. The molecule has 0 saturated heterocycles. The van der Waals surface area contributed by atoms with Gasteiger partial charge in [-0.15, -0.1) is 0 Å². The van der Waals surface area contributed by atoms with Gasteiger partial charge in [0.15, 0.2) is 5.65 Å². The molecule has 0 spiro atoms. The number of nitrogens with one attached hydrogen (secondary N) is 2. The fourth-order valence-corrected chi connectivity index (χ4v) is 2.31. The second kappa shape index (κ2) is 4.77. The lowest BCUT2D eigenvalue weighted by molar-refractivity contribution is 0.278. The van der Waals surface area contributed by atoms with Crippen molar-refractivity contribution in [3.8, 4) is 0 Å². The van der Waals surface area contributed by atoms with Gasteiger partial charge in [-0.05, 0) is 19.4 Å². The van der Waals surface area contributed by atoms with Gasteiger partial charge in [0.1, 0.15) is 5.82 Å². The average Bonchev–Trinajstić information content (AvgIpc) is 2.66. The van der Waals surface area contributed by atoms with Crippen molar-refractivity contribution in [1.29, 1.82) is 0 Å². The molecule has 2 aromatic rings. The summed E-state index contributed by atoms with van der Waals surface area (Å²) in [5.74, 6) is 0.662. The molecule has 19 heavy (non-hydrogen) atoms. The number of fused-ring (bicyclic) bond motifs is 1. The first-order valence-electron chi connectivity index (χ1n) is 6.44. The third-order valence-corrected chi connectivity index (χ3v) is 3.43. The Labute approximate surface area is 112 Å². The molecule has 0 aliphatic carbocycles. The van der Waals surface area contributed by atoms with Crippen molar-refractivity contribution in [2.75, 3.05) is 7.05 Å². The average molecular weight is 263 g/mol. The van der Waals surface area contributed by atoms with E-state index < -0.39 is 0 Å². The van der Waals surface area contributed by atoms with Crippen molar-refractivity contribution in [3.63, 3.8) is 0 Å². The quantitative estimate of drug-likeness (QED) is 0.863. The Kier molecular flexibility index (Phi) is 3.45. The molecule has 1 unspecified atom stereocenters. The number of hydrogen-bond acceptors (Lipinski definition) is 4. The highest BCUT2D eigenvalue weighted by Crippen LogP contribution is 2.22. The molecular formula is C13H21N5O. The minimum Gasteiger partial charge on any atom is -0.316 e. The number of likely N-dealkylation sites (N-methyl/N-ethyl adjacent to an activating group) is 1. The molecule has 2 aromatic heterocycles. The summed E-state index contributed by atoms with van der Waals surface area (Å²) in [5, 5.41) is 9.77. The summed E-state index contributed by atoms with van der Waals surface area (Å²) in [5.41, 5.74) is 1.46. The fraction of sp³-hybridized carbons (Fsp3) is 0.615. The summed E-state index contributed by atoms with van der Waals surface area (Å²) < 4.78 is 1.48. The minimum absolute atomic E-state index is 0.141. The molecule has 0 amide bonds. The molecule has 0 radical (unpaired) electrons. The molecule has 1 atom stereocenters. The zero-order chi connectivity index (χ0) is 14.2. The Morgan fingerprint density at radius 3 is 2.74 bits per heavy atom. The van der Waals surface area contributed by atoms with Crippen LogP contribution in [0.25, 0.3) is 5.65 Å². The van der Waals surface area contributed by atoms with Gasteiger partial charge in [0, 0.05) is 24.2 Å². The van der Waals surface area contributed by atoms with Crippen molar-refractivity contribution < 1.29 is 0 Å². The minimum atomic E-state index is -0.243. The summed E-state index contributed by atoms with van der Waals surface area (Å²) in [6.45, 7) is 8.40. The number of rotatable bonds is 3. The number of aromatic nitrogens is 4. The fourth-order valence-electron chi connectivity index (χ4n) is 2.31. The second-order valence-corrected chi connectivity index (χ2v) is 5.93. The van der Waals surface area contributed by atoms with E-state index in [1.54, 1.807) is 0 Å². The van der Waals surface area contributed by atoms with Crippen LogP contribution in [-0.4, -0.2) is 32.7 Å². The molecule has 6 nitrogen and oxygen atoms in total. The Morgan fingerprint density at radius 1 is 1.47 bits per heavy atom. The van der Waals surface area contributed by atoms with Gasteiger partial charge in [0.25, 0.3) is 0 Å². The Balaban J connectivity index is 2.39. The number of H-pyrrole nitrogens is 1. The van der Waals surface area contributed by atoms with Crippen LogP contribution in [0.2, 0.25) is 0 Å². The van der Waals surface area contributed by atoms with Crippen LogP contribution in [0.1, 0.15) is 32.3 Å². The first kappa shape index (κ1) is 13.7. The molecule has 2 heterocycles. The van der Waals surface area contributed by atoms with E-state index in [-0.39, 0.29) is 11.1 Å². The van der Waals surface area contributed by atoms with Crippen molar-refractivity contribution in [1.82, 2.24) is 24.9 Å². The summed E-state index contributed by atoms with van der Waals surface area (Å²) >= 11 is 0. The predicted octanol–water partition coefficient (Wildman–Crippen LogP) is 0.903. The zero-order valence-corrected chi connectivity index (χ0v) is 12.1.